The lowest BCUT2D eigenvalue weighted by atomic mass is 10.0. The Hall–Kier alpha value is -2.49. The average molecular weight is 367 g/mol. The largest absolute Gasteiger partial charge is 0.481 e. The van der Waals surface area contributed by atoms with Crippen molar-refractivity contribution in [1.82, 2.24) is 5.32 Å². The van der Waals surface area contributed by atoms with Gasteiger partial charge in [0.1, 0.15) is 5.75 Å². The van der Waals surface area contributed by atoms with Crippen LogP contribution in [0.5, 0.6) is 5.75 Å². The number of carbonyl (C=O) groups is 1. The first-order valence-electron chi connectivity index (χ1n) is 9.87. The SMILES string of the molecule is CC(Oc1cccc(C(C)C)c1)C(=O)NCC1CCN(c2ccccc2)C1. The summed E-state index contributed by atoms with van der Waals surface area (Å²) in [6.07, 6.45) is 0.597. The lowest BCUT2D eigenvalue weighted by Gasteiger charge is -2.19. The molecular weight excluding hydrogens is 336 g/mol. The number of nitrogens with zero attached hydrogens (tertiary/aromatic N) is 1. The van der Waals surface area contributed by atoms with Crippen LogP contribution in [0.2, 0.25) is 0 Å². The zero-order valence-electron chi connectivity index (χ0n) is 16.5. The molecule has 1 fully saturated rings. The van der Waals surface area contributed by atoms with Crippen LogP contribution >= 0.6 is 0 Å². The smallest absolute Gasteiger partial charge is 0.260 e. The minimum absolute atomic E-state index is 0.0527. The van der Waals surface area contributed by atoms with Gasteiger partial charge in [-0.3, -0.25) is 4.79 Å². The number of hydrogen-bond acceptors (Lipinski definition) is 3. The van der Waals surface area contributed by atoms with E-state index in [0.717, 1.165) is 25.3 Å². The summed E-state index contributed by atoms with van der Waals surface area (Å²) in [5, 5.41) is 3.06. The van der Waals surface area contributed by atoms with Crippen molar-refractivity contribution >= 4 is 11.6 Å². The maximum absolute atomic E-state index is 12.4. The summed E-state index contributed by atoms with van der Waals surface area (Å²) >= 11 is 0. The van der Waals surface area contributed by atoms with Crippen LogP contribution in [-0.4, -0.2) is 31.6 Å². The van der Waals surface area contributed by atoms with Crippen LogP contribution in [0, 0.1) is 5.92 Å². The average Bonchev–Trinajstić information content (AvgIpc) is 3.16. The van der Waals surface area contributed by atoms with Gasteiger partial charge in [-0.15, -0.1) is 0 Å². The summed E-state index contributed by atoms with van der Waals surface area (Å²) < 4.78 is 5.85. The highest BCUT2D eigenvalue weighted by Gasteiger charge is 2.24. The fourth-order valence-corrected chi connectivity index (χ4v) is 3.47. The molecule has 1 saturated heterocycles. The van der Waals surface area contributed by atoms with Gasteiger partial charge in [0.15, 0.2) is 6.10 Å². The second-order valence-corrected chi connectivity index (χ2v) is 7.67. The highest BCUT2D eigenvalue weighted by molar-refractivity contribution is 5.80. The summed E-state index contributed by atoms with van der Waals surface area (Å²) in [4.78, 5) is 14.8. The van der Waals surface area contributed by atoms with E-state index in [1.807, 2.05) is 31.2 Å². The number of benzene rings is 2. The van der Waals surface area contributed by atoms with Gasteiger partial charge in [0, 0.05) is 25.3 Å². The molecular formula is C23H30N2O2. The molecule has 0 aliphatic carbocycles. The monoisotopic (exact) mass is 366 g/mol. The second kappa shape index (κ2) is 8.94. The Labute approximate surface area is 162 Å². The molecule has 1 amide bonds. The molecule has 4 heteroatoms. The minimum Gasteiger partial charge on any atom is -0.481 e. The molecule has 144 valence electrons. The molecule has 3 rings (SSSR count). The molecule has 0 saturated carbocycles. The Kier molecular flexibility index (Phi) is 6.38. The number of ether oxygens (including phenoxy) is 1. The second-order valence-electron chi connectivity index (χ2n) is 7.67. The van der Waals surface area contributed by atoms with Crippen LogP contribution in [0.4, 0.5) is 5.69 Å². The first-order chi connectivity index (χ1) is 13.0. The molecule has 1 heterocycles. The van der Waals surface area contributed by atoms with Gasteiger partial charge in [-0.2, -0.15) is 0 Å². The predicted octanol–water partition coefficient (Wildman–Crippen LogP) is 4.22. The molecule has 1 aliphatic rings. The van der Waals surface area contributed by atoms with Crippen molar-refractivity contribution in [3.63, 3.8) is 0 Å². The fraction of sp³-hybridized carbons (Fsp3) is 0.435. The number of anilines is 1. The third kappa shape index (κ3) is 5.25. The molecule has 27 heavy (non-hydrogen) atoms. The summed E-state index contributed by atoms with van der Waals surface area (Å²) in [6, 6.07) is 18.4. The molecule has 2 aromatic carbocycles. The standard InChI is InChI=1S/C23H30N2O2/c1-17(2)20-8-7-11-22(14-20)27-18(3)23(26)24-15-19-12-13-25(16-19)21-9-5-4-6-10-21/h4-11,14,17-19H,12-13,15-16H2,1-3H3,(H,24,26). The summed E-state index contributed by atoms with van der Waals surface area (Å²) in [5.41, 5.74) is 2.47. The molecule has 0 spiro atoms. The lowest BCUT2D eigenvalue weighted by molar-refractivity contribution is -0.127. The van der Waals surface area contributed by atoms with E-state index in [-0.39, 0.29) is 5.91 Å². The van der Waals surface area contributed by atoms with Gasteiger partial charge in [0.25, 0.3) is 5.91 Å². The Bertz CT molecular complexity index is 745. The van der Waals surface area contributed by atoms with Crippen molar-refractivity contribution in [3.8, 4) is 5.75 Å². The highest BCUT2D eigenvalue weighted by atomic mass is 16.5. The molecule has 0 radical (unpaired) electrons. The molecule has 2 aromatic rings. The van der Waals surface area contributed by atoms with E-state index < -0.39 is 6.10 Å². The summed E-state index contributed by atoms with van der Waals surface area (Å²) in [5.74, 6) is 1.61. The van der Waals surface area contributed by atoms with E-state index in [0.29, 0.717) is 18.4 Å². The Morgan fingerprint density at radius 1 is 1.15 bits per heavy atom. The van der Waals surface area contributed by atoms with Crippen molar-refractivity contribution in [2.24, 2.45) is 5.92 Å². The Balaban J connectivity index is 1.46. The van der Waals surface area contributed by atoms with Gasteiger partial charge < -0.3 is 15.0 Å². The van der Waals surface area contributed by atoms with E-state index >= 15 is 0 Å². The van der Waals surface area contributed by atoms with E-state index in [1.165, 1.54) is 11.3 Å². The molecule has 2 unspecified atom stereocenters. The Morgan fingerprint density at radius 2 is 1.93 bits per heavy atom. The van der Waals surface area contributed by atoms with Crippen molar-refractivity contribution in [3.05, 3.63) is 60.2 Å². The maximum atomic E-state index is 12.4. The van der Waals surface area contributed by atoms with E-state index in [1.54, 1.807) is 0 Å². The van der Waals surface area contributed by atoms with Crippen molar-refractivity contribution in [1.29, 1.82) is 0 Å². The predicted molar refractivity (Wildman–Crippen MR) is 110 cm³/mol. The highest BCUT2D eigenvalue weighted by Crippen LogP contribution is 2.23. The molecule has 1 aliphatic heterocycles. The third-order valence-electron chi connectivity index (χ3n) is 5.18. The first kappa shape index (κ1) is 19.3. The molecule has 0 bridgehead atoms. The van der Waals surface area contributed by atoms with E-state index in [2.05, 4.69) is 54.4 Å². The van der Waals surface area contributed by atoms with Crippen LogP contribution < -0.4 is 15.0 Å². The number of para-hydroxylation sites is 1. The number of hydrogen-bond donors (Lipinski definition) is 1. The number of amides is 1. The third-order valence-corrected chi connectivity index (χ3v) is 5.18. The summed E-state index contributed by atoms with van der Waals surface area (Å²) in [6.45, 7) is 8.82. The zero-order chi connectivity index (χ0) is 19.2. The molecule has 4 nitrogen and oxygen atoms in total. The first-order valence-corrected chi connectivity index (χ1v) is 9.87. The van der Waals surface area contributed by atoms with Crippen LogP contribution in [0.1, 0.15) is 38.7 Å². The van der Waals surface area contributed by atoms with Crippen molar-refractivity contribution < 1.29 is 9.53 Å². The molecule has 2 atom stereocenters. The molecule has 1 N–H and O–H groups in total. The van der Waals surface area contributed by atoms with Crippen molar-refractivity contribution in [2.45, 2.75) is 39.2 Å². The van der Waals surface area contributed by atoms with E-state index in [4.69, 9.17) is 4.74 Å². The lowest BCUT2D eigenvalue weighted by Crippen LogP contribution is -2.39. The Morgan fingerprint density at radius 3 is 2.67 bits per heavy atom. The quantitative estimate of drug-likeness (QED) is 0.798. The van der Waals surface area contributed by atoms with Gasteiger partial charge >= 0.3 is 0 Å². The topological polar surface area (TPSA) is 41.6 Å². The number of rotatable bonds is 7. The van der Waals surface area contributed by atoms with Crippen LogP contribution in [-0.2, 0) is 4.79 Å². The van der Waals surface area contributed by atoms with Crippen LogP contribution in [0.25, 0.3) is 0 Å². The van der Waals surface area contributed by atoms with Gasteiger partial charge in [-0.25, -0.2) is 0 Å². The van der Waals surface area contributed by atoms with Crippen LogP contribution in [0.15, 0.2) is 54.6 Å². The van der Waals surface area contributed by atoms with Gasteiger partial charge in [0.05, 0.1) is 0 Å². The zero-order valence-corrected chi connectivity index (χ0v) is 16.5. The van der Waals surface area contributed by atoms with Crippen LogP contribution in [0.3, 0.4) is 0 Å². The van der Waals surface area contributed by atoms with Gasteiger partial charge in [-0.05, 0) is 55.0 Å². The fourth-order valence-electron chi connectivity index (χ4n) is 3.47. The maximum Gasteiger partial charge on any atom is 0.260 e. The minimum atomic E-state index is -0.501. The number of carbonyl (C=O) groups excluding carboxylic acids is 1. The van der Waals surface area contributed by atoms with Gasteiger partial charge in [-0.1, -0.05) is 44.2 Å². The molecule has 0 aromatic heterocycles. The van der Waals surface area contributed by atoms with E-state index in [9.17, 15) is 4.79 Å². The summed E-state index contributed by atoms with van der Waals surface area (Å²) in [7, 11) is 0. The normalized spacial score (nSPS) is 17.8. The van der Waals surface area contributed by atoms with Gasteiger partial charge in [0.2, 0.25) is 0 Å². The number of nitrogens with one attached hydrogen (secondary N) is 1. The van der Waals surface area contributed by atoms with Crippen molar-refractivity contribution in [2.75, 3.05) is 24.5 Å².